The molecule has 1 rings (SSSR count). The maximum atomic E-state index is 11.5. The van der Waals surface area contributed by atoms with Gasteiger partial charge in [0.15, 0.2) is 0 Å². The Morgan fingerprint density at radius 1 is 1.38 bits per heavy atom. The van der Waals surface area contributed by atoms with Gasteiger partial charge in [0.25, 0.3) is 0 Å². The molecule has 5 nitrogen and oxygen atoms in total. The zero-order valence-corrected chi connectivity index (χ0v) is 9.83. The van der Waals surface area contributed by atoms with Crippen LogP contribution < -0.4 is 5.32 Å². The first kappa shape index (κ1) is 13.3. The molecule has 0 spiro atoms. The van der Waals surface area contributed by atoms with E-state index in [1.165, 1.54) is 0 Å². The summed E-state index contributed by atoms with van der Waals surface area (Å²) in [5.41, 5.74) is 0. The molecule has 0 aliphatic carbocycles. The molecular weight excluding hydrogens is 230 g/mol. The highest BCUT2D eigenvalue weighted by Gasteiger charge is 2.22. The molecule has 1 saturated heterocycles. The van der Waals surface area contributed by atoms with Crippen molar-refractivity contribution < 1.29 is 19.8 Å². The minimum Gasteiger partial charge on any atom is -0.480 e. The number of hydrogen-bond donors (Lipinski definition) is 3. The summed E-state index contributed by atoms with van der Waals surface area (Å²) in [6, 6.07) is -1.18. The van der Waals surface area contributed by atoms with Gasteiger partial charge in [-0.05, 0) is 30.3 Å². The Labute approximate surface area is 98.6 Å². The second kappa shape index (κ2) is 6.75. The predicted molar refractivity (Wildman–Crippen MR) is 61.3 cm³/mol. The number of aliphatic carboxylic acids is 1. The summed E-state index contributed by atoms with van der Waals surface area (Å²) in [4.78, 5) is 22.1. The molecule has 0 aromatic heterocycles. The fourth-order valence-corrected chi connectivity index (χ4v) is 2.86. The van der Waals surface area contributed by atoms with Crippen LogP contribution in [-0.4, -0.2) is 46.2 Å². The summed E-state index contributed by atoms with van der Waals surface area (Å²) in [5.74, 6) is 1.02. The first-order valence-corrected chi connectivity index (χ1v) is 6.49. The molecule has 0 aromatic carbocycles. The van der Waals surface area contributed by atoms with Gasteiger partial charge < -0.3 is 15.5 Å². The number of aliphatic hydroxyl groups excluding tert-OH is 1. The molecule has 0 saturated carbocycles. The molecule has 1 atom stereocenters. The lowest BCUT2D eigenvalue weighted by molar-refractivity contribution is -0.143. The number of amides is 1. The third-order valence-electron chi connectivity index (χ3n) is 2.63. The van der Waals surface area contributed by atoms with Gasteiger partial charge in [0.2, 0.25) is 5.91 Å². The average molecular weight is 247 g/mol. The summed E-state index contributed by atoms with van der Waals surface area (Å²) in [7, 11) is 0. The van der Waals surface area contributed by atoms with E-state index in [0.29, 0.717) is 12.3 Å². The van der Waals surface area contributed by atoms with Crippen LogP contribution in [0.3, 0.4) is 0 Å². The molecule has 1 aliphatic heterocycles. The lowest BCUT2D eigenvalue weighted by atomic mass is 9.98. The Morgan fingerprint density at radius 3 is 2.50 bits per heavy atom. The van der Waals surface area contributed by atoms with E-state index in [0.717, 1.165) is 24.3 Å². The van der Waals surface area contributed by atoms with Gasteiger partial charge in [-0.15, -0.1) is 0 Å². The molecule has 3 N–H and O–H groups in total. The standard InChI is InChI=1S/C10H17NO4S/c12-6-8(10(14)15)11-9(13)5-7-1-3-16-4-2-7/h7-8,12H,1-6H2,(H,11,13)(H,14,15)/t8-/m0/s1. The second-order valence-electron chi connectivity index (χ2n) is 3.90. The molecule has 1 heterocycles. The number of carbonyl (C=O) groups is 2. The maximum absolute atomic E-state index is 11.5. The van der Waals surface area contributed by atoms with Crippen LogP contribution in [0.4, 0.5) is 0 Å². The Bertz CT molecular complexity index is 253. The SMILES string of the molecule is O=C(CC1CCSCC1)N[C@@H](CO)C(=O)O. The van der Waals surface area contributed by atoms with E-state index in [2.05, 4.69) is 5.32 Å². The van der Waals surface area contributed by atoms with E-state index >= 15 is 0 Å². The maximum Gasteiger partial charge on any atom is 0.328 e. The van der Waals surface area contributed by atoms with Gasteiger partial charge >= 0.3 is 5.97 Å². The van der Waals surface area contributed by atoms with E-state index in [1.54, 1.807) is 0 Å². The van der Waals surface area contributed by atoms with Crippen LogP contribution >= 0.6 is 11.8 Å². The fourth-order valence-electron chi connectivity index (χ4n) is 1.65. The summed E-state index contributed by atoms with van der Waals surface area (Å²) < 4.78 is 0. The quantitative estimate of drug-likeness (QED) is 0.640. The van der Waals surface area contributed by atoms with Crippen molar-refractivity contribution in [3.8, 4) is 0 Å². The van der Waals surface area contributed by atoms with E-state index in [1.807, 2.05) is 11.8 Å². The minimum absolute atomic E-state index is 0.279. The normalized spacial score (nSPS) is 19.1. The lowest BCUT2D eigenvalue weighted by Gasteiger charge is -2.21. The summed E-state index contributed by atoms with van der Waals surface area (Å²) in [6.45, 7) is -0.568. The second-order valence-corrected chi connectivity index (χ2v) is 5.13. The molecule has 6 heteroatoms. The number of nitrogens with one attached hydrogen (secondary N) is 1. The van der Waals surface area contributed by atoms with Crippen molar-refractivity contribution in [3.05, 3.63) is 0 Å². The van der Waals surface area contributed by atoms with Crippen LogP contribution in [0.15, 0.2) is 0 Å². The molecule has 0 unspecified atom stereocenters. The Hall–Kier alpha value is -0.750. The topological polar surface area (TPSA) is 86.6 Å². The highest BCUT2D eigenvalue weighted by Crippen LogP contribution is 2.25. The molecular formula is C10H17NO4S. The summed E-state index contributed by atoms with van der Waals surface area (Å²) >= 11 is 1.88. The first-order chi connectivity index (χ1) is 7.63. The molecule has 1 fully saturated rings. The van der Waals surface area contributed by atoms with Crippen molar-refractivity contribution in [1.29, 1.82) is 0 Å². The number of carboxylic acid groups (broad SMARTS) is 1. The van der Waals surface area contributed by atoms with Crippen LogP contribution in [0, 0.1) is 5.92 Å². The lowest BCUT2D eigenvalue weighted by Crippen LogP contribution is -2.43. The predicted octanol–water partition coefficient (Wildman–Crippen LogP) is 0.0814. The van der Waals surface area contributed by atoms with Crippen molar-refractivity contribution in [3.63, 3.8) is 0 Å². The molecule has 0 aromatic rings. The number of aliphatic hydroxyl groups is 1. The number of hydrogen-bond acceptors (Lipinski definition) is 4. The number of thioether (sulfide) groups is 1. The van der Waals surface area contributed by atoms with Gasteiger partial charge in [-0.1, -0.05) is 0 Å². The van der Waals surface area contributed by atoms with Crippen LogP contribution in [0.25, 0.3) is 0 Å². The molecule has 0 radical (unpaired) electrons. The van der Waals surface area contributed by atoms with Crippen LogP contribution in [0.1, 0.15) is 19.3 Å². The third kappa shape index (κ3) is 4.40. The van der Waals surface area contributed by atoms with Crippen molar-refractivity contribution >= 4 is 23.6 Å². The molecule has 1 aliphatic rings. The Kier molecular flexibility index (Phi) is 5.62. The van der Waals surface area contributed by atoms with Crippen LogP contribution in [0.2, 0.25) is 0 Å². The van der Waals surface area contributed by atoms with Crippen LogP contribution in [-0.2, 0) is 9.59 Å². The number of rotatable bonds is 5. The first-order valence-electron chi connectivity index (χ1n) is 5.34. The zero-order chi connectivity index (χ0) is 12.0. The van der Waals surface area contributed by atoms with Crippen molar-refractivity contribution in [1.82, 2.24) is 5.32 Å². The van der Waals surface area contributed by atoms with Gasteiger partial charge in [-0.2, -0.15) is 11.8 Å². The highest BCUT2D eigenvalue weighted by atomic mass is 32.2. The monoisotopic (exact) mass is 247 g/mol. The smallest absolute Gasteiger partial charge is 0.328 e. The molecule has 0 bridgehead atoms. The molecule has 16 heavy (non-hydrogen) atoms. The van der Waals surface area contributed by atoms with Gasteiger partial charge in [0, 0.05) is 6.42 Å². The number of carboxylic acids is 1. The highest BCUT2D eigenvalue weighted by molar-refractivity contribution is 7.99. The third-order valence-corrected chi connectivity index (χ3v) is 3.68. The Morgan fingerprint density at radius 2 is 2.00 bits per heavy atom. The average Bonchev–Trinajstić information content (AvgIpc) is 2.27. The van der Waals surface area contributed by atoms with Crippen molar-refractivity contribution in [2.75, 3.05) is 18.1 Å². The molecule has 1 amide bonds. The largest absolute Gasteiger partial charge is 0.480 e. The summed E-state index contributed by atoms with van der Waals surface area (Å²) in [5, 5.41) is 19.7. The van der Waals surface area contributed by atoms with Gasteiger partial charge in [0.1, 0.15) is 6.04 Å². The Balaban J connectivity index is 2.31. The van der Waals surface area contributed by atoms with E-state index < -0.39 is 18.6 Å². The fraction of sp³-hybridized carbons (Fsp3) is 0.800. The van der Waals surface area contributed by atoms with Crippen LogP contribution in [0.5, 0.6) is 0 Å². The van der Waals surface area contributed by atoms with Gasteiger partial charge in [-0.3, -0.25) is 4.79 Å². The van der Waals surface area contributed by atoms with Crippen molar-refractivity contribution in [2.45, 2.75) is 25.3 Å². The minimum atomic E-state index is -1.20. The van der Waals surface area contributed by atoms with E-state index in [4.69, 9.17) is 10.2 Å². The number of carbonyl (C=O) groups excluding carboxylic acids is 1. The van der Waals surface area contributed by atoms with Crippen molar-refractivity contribution in [2.24, 2.45) is 5.92 Å². The summed E-state index contributed by atoms with van der Waals surface area (Å²) in [6.07, 6.45) is 2.38. The van der Waals surface area contributed by atoms with E-state index in [-0.39, 0.29) is 5.91 Å². The zero-order valence-electron chi connectivity index (χ0n) is 9.02. The van der Waals surface area contributed by atoms with E-state index in [9.17, 15) is 9.59 Å². The van der Waals surface area contributed by atoms with Gasteiger partial charge in [0.05, 0.1) is 6.61 Å². The van der Waals surface area contributed by atoms with Gasteiger partial charge in [-0.25, -0.2) is 4.79 Å². The molecule has 92 valence electrons.